The quantitative estimate of drug-likeness (QED) is 0.310. The van der Waals surface area contributed by atoms with Crippen LogP contribution in [0.2, 0.25) is 15.1 Å². The van der Waals surface area contributed by atoms with Crippen molar-refractivity contribution in [2.24, 2.45) is 0 Å². The second-order valence-electron chi connectivity index (χ2n) is 8.37. The molecule has 176 valence electrons. The number of nitrogens with zero attached hydrogens (tertiary/aromatic N) is 4. The van der Waals surface area contributed by atoms with E-state index in [4.69, 9.17) is 49.1 Å². The van der Waals surface area contributed by atoms with Crippen LogP contribution in [0, 0.1) is 0 Å². The minimum Gasteiger partial charge on any atom is -0.453 e. The largest absolute Gasteiger partial charge is 0.453 e. The van der Waals surface area contributed by atoms with E-state index in [2.05, 4.69) is 15.5 Å². The van der Waals surface area contributed by atoms with Gasteiger partial charge in [-0.15, -0.1) is 10.2 Å². The lowest BCUT2D eigenvalue weighted by molar-refractivity contribution is 0.187. The minimum atomic E-state index is -0.700. The number of carbonyl (C=O) groups is 1. The normalized spacial score (nSPS) is 11.5. The van der Waals surface area contributed by atoms with Crippen LogP contribution in [0.3, 0.4) is 0 Å². The zero-order valence-electron chi connectivity index (χ0n) is 18.7. The summed E-state index contributed by atoms with van der Waals surface area (Å²) in [5, 5.41) is 17.2. The van der Waals surface area contributed by atoms with Gasteiger partial charge in [-0.1, -0.05) is 67.7 Å². The van der Waals surface area contributed by atoms with E-state index in [0.29, 0.717) is 43.6 Å². The molecule has 4 rings (SSSR count). The lowest BCUT2D eigenvalue weighted by Gasteiger charge is -2.12. The van der Waals surface area contributed by atoms with E-state index >= 15 is 0 Å². The highest BCUT2D eigenvalue weighted by atomic mass is 35.5. The lowest BCUT2D eigenvalue weighted by Crippen LogP contribution is -2.12. The maximum Gasteiger partial charge on any atom is 0.411 e. The van der Waals surface area contributed by atoms with E-state index in [1.54, 1.807) is 47.1 Å². The van der Waals surface area contributed by atoms with Crippen LogP contribution in [0.5, 0.6) is 0 Å². The van der Waals surface area contributed by atoms with Gasteiger partial charge >= 0.3 is 6.09 Å². The highest BCUT2D eigenvalue weighted by Gasteiger charge is 2.29. The van der Waals surface area contributed by atoms with Crippen molar-refractivity contribution in [3.05, 3.63) is 63.4 Å². The number of halogens is 3. The molecule has 0 aliphatic heterocycles. The molecule has 2 aromatic carbocycles. The van der Waals surface area contributed by atoms with Gasteiger partial charge in [0.2, 0.25) is 5.89 Å². The maximum atomic E-state index is 12.3. The van der Waals surface area contributed by atoms with Gasteiger partial charge in [-0.05, 0) is 30.3 Å². The molecule has 0 aliphatic rings. The minimum absolute atomic E-state index is 0.121. The molecule has 0 fully saturated rings. The van der Waals surface area contributed by atoms with Crippen molar-refractivity contribution in [3.63, 3.8) is 0 Å². The van der Waals surface area contributed by atoms with Gasteiger partial charge in [0.1, 0.15) is 5.69 Å². The Labute approximate surface area is 210 Å². The number of nitrogens with one attached hydrogen (secondary N) is 1. The molecule has 11 heteroatoms. The van der Waals surface area contributed by atoms with Crippen LogP contribution in [-0.4, -0.2) is 33.2 Å². The molecule has 1 N–H and O–H groups in total. The number of rotatable bonds is 4. The Morgan fingerprint density at radius 3 is 2.29 bits per heavy atom. The number of anilines is 1. The van der Waals surface area contributed by atoms with E-state index < -0.39 is 6.09 Å². The monoisotopic (exact) mass is 519 g/mol. The van der Waals surface area contributed by atoms with Crippen LogP contribution in [0.15, 0.2) is 46.9 Å². The van der Waals surface area contributed by atoms with Crippen molar-refractivity contribution in [2.45, 2.75) is 26.2 Å². The number of benzene rings is 2. The first-order chi connectivity index (χ1) is 16.1. The second-order valence-corrected chi connectivity index (χ2v) is 9.65. The third-order valence-electron chi connectivity index (χ3n) is 4.82. The van der Waals surface area contributed by atoms with Gasteiger partial charge in [0.25, 0.3) is 5.89 Å². The third-order valence-corrected chi connectivity index (χ3v) is 5.61. The lowest BCUT2D eigenvalue weighted by atomic mass is 9.97. The summed E-state index contributed by atoms with van der Waals surface area (Å²) < 4.78 is 12.4. The zero-order chi connectivity index (χ0) is 24.6. The zero-order valence-corrected chi connectivity index (χ0v) is 21.0. The molecule has 0 atom stereocenters. The number of methoxy groups -OCH3 is 1. The fraction of sp³-hybridized carbons (Fsp3) is 0.217. The Balaban J connectivity index is 2.04. The molecule has 0 saturated carbocycles. The molecule has 0 unspecified atom stereocenters. The SMILES string of the molecule is COC(=O)Nc1c(-c2nnc(C(C)(C)C)o2)nn(-c2ccc(Cl)cc2Cl)c1-c1ccc(Cl)cc1. The Bertz CT molecular complexity index is 1360. The molecule has 34 heavy (non-hydrogen) atoms. The number of aromatic nitrogens is 4. The Morgan fingerprint density at radius 2 is 1.71 bits per heavy atom. The number of carbonyl (C=O) groups excluding carboxylic acids is 1. The van der Waals surface area contributed by atoms with E-state index in [1.165, 1.54) is 7.11 Å². The summed E-state index contributed by atoms with van der Waals surface area (Å²) in [6, 6.07) is 12.0. The standard InChI is InChI=1S/C23H20Cl3N5O3/c1-23(2,3)21-29-28-20(34-21)18-17(27-22(32)33-4)19(12-5-7-13(24)8-6-12)31(30-18)16-10-9-14(25)11-15(16)26/h5-11H,1-4H3,(H,27,32). The Morgan fingerprint density at radius 1 is 1.03 bits per heavy atom. The molecular formula is C23H20Cl3N5O3. The molecule has 8 nitrogen and oxygen atoms in total. The van der Waals surface area contributed by atoms with Crippen LogP contribution in [0.1, 0.15) is 26.7 Å². The van der Waals surface area contributed by atoms with Gasteiger partial charge in [0, 0.05) is 21.0 Å². The predicted octanol–water partition coefficient (Wildman–Crippen LogP) is 7.03. The molecule has 0 saturated heterocycles. The fourth-order valence-corrected chi connectivity index (χ4v) is 3.78. The van der Waals surface area contributed by atoms with Crippen molar-refractivity contribution < 1.29 is 13.9 Å². The van der Waals surface area contributed by atoms with Crippen LogP contribution in [0.25, 0.3) is 28.5 Å². The molecule has 1 amide bonds. The van der Waals surface area contributed by atoms with Crippen LogP contribution < -0.4 is 5.32 Å². The first-order valence-electron chi connectivity index (χ1n) is 10.1. The van der Waals surface area contributed by atoms with Crippen molar-refractivity contribution in [1.29, 1.82) is 0 Å². The maximum absolute atomic E-state index is 12.3. The summed E-state index contributed by atoms with van der Waals surface area (Å²) in [5.41, 5.74) is 1.86. The first-order valence-corrected chi connectivity index (χ1v) is 11.3. The molecule has 2 aromatic heterocycles. The van der Waals surface area contributed by atoms with Crippen LogP contribution in [-0.2, 0) is 10.2 Å². The van der Waals surface area contributed by atoms with E-state index in [0.717, 1.165) is 0 Å². The second kappa shape index (κ2) is 9.29. The summed E-state index contributed by atoms with van der Waals surface area (Å²) in [7, 11) is 1.27. The van der Waals surface area contributed by atoms with Gasteiger partial charge in [0.05, 0.1) is 23.5 Å². The van der Waals surface area contributed by atoms with E-state index in [1.807, 2.05) is 20.8 Å². The van der Waals surface area contributed by atoms with Gasteiger partial charge < -0.3 is 9.15 Å². The highest BCUT2D eigenvalue weighted by molar-refractivity contribution is 6.35. The number of amides is 1. The average molecular weight is 521 g/mol. The fourth-order valence-electron chi connectivity index (χ4n) is 3.16. The third kappa shape index (κ3) is 4.75. The molecule has 0 aliphatic carbocycles. The Kier molecular flexibility index (Phi) is 6.58. The van der Waals surface area contributed by atoms with Gasteiger partial charge in [0.15, 0.2) is 5.69 Å². The van der Waals surface area contributed by atoms with E-state index in [9.17, 15) is 4.79 Å². The molecule has 0 bridgehead atoms. The Hall–Kier alpha value is -3.07. The van der Waals surface area contributed by atoms with Gasteiger partial charge in [-0.25, -0.2) is 9.48 Å². The summed E-state index contributed by atoms with van der Waals surface area (Å²) in [6.45, 7) is 5.84. The highest BCUT2D eigenvalue weighted by Crippen LogP contribution is 2.40. The molecule has 4 aromatic rings. The molecule has 0 spiro atoms. The summed E-state index contributed by atoms with van der Waals surface area (Å²) in [5.74, 6) is 0.536. The van der Waals surface area contributed by atoms with Crippen molar-refractivity contribution in [3.8, 4) is 28.5 Å². The molecular weight excluding hydrogens is 501 g/mol. The predicted molar refractivity (Wildman–Crippen MR) is 132 cm³/mol. The number of hydrogen-bond donors (Lipinski definition) is 1. The van der Waals surface area contributed by atoms with Gasteiger partial charge in [-0.3, -0.25) is 5.32 Å². The number of ether oxygens (including phenoxy) is 1. The number of hydrogen-bond acceptors (Lipinski definition) is 6. The van der Waals surface area contributed by atoms with Crippen molar-refractivity contribution in [2.75, 3.05) is 12.4 Å². The average Bonchev–Trinajstić information content (AvgIpc) is 3.40. The van der Waals surface area contributed by atoms with Crippen molar-refractivity contribution in [1.82, 2.24) is 20.0 Å². The summed E-state index contributed by atoms with van der Waals surface area (Å²) >= 11 is 18.7. The topological polar surface area (TPSA) is 95.1 Å². The van der Waals surface area contributed by atoms with Crippen molar-refractivity contribution >= 4 is 46.6 Å². The summed E-state index contributed by atoms with van der Waals surface area (Å²) in [6.07, 6.45) is -0.700. The summed E-state index contributed by atoms with van der Waals surface area (Å²) in [4.78, 5) is 12.3. The van der Waals surface area contributed by atoms with Gasteiger partial charge in [-0.2, -0.15) is 5.10 Å². The molecule has 2 heterocycles. The first kappa shape index (κ1) is 24.1. The van der Waals surface area contributed by atoms with Crippen LogP contribution in [0.4, 0.5) is 10.5 Å². The van der Waals surface area contributed by atoms with Crippen LogP contribution >= 0.6 is 34.8 Å². The smallest absolute Gasteiger partial charge is 0.411 e. The van der Waals surface area contributed by atoms with E-state index in [-0.39, 0.29) is 17.0 Å². The molecule has 0 radical (unpaired) electrons.